The number of carbonyl (C=O) groups excluding carboxylic acids is 2. The minimum absolute atomic E-state index is 0.0551. The van der Waals surface area contributed by atoms with Gasteiger partial charge in [-0.25, -0.2) is 13.2 Å². The first kappa shape index (κ1) is 43.9. The summed E-state index contributed by atoms with van der Waals surface area (Å²) in [6.07, 6.45) is 4.82. The zero-order chi connectivity index (χ0) is 43.2. The van der Waals surface area contributed by atoms with Crippen LogP contribution in [0.5, 0.6) is 23.0 Å². The Labute approximate surface area is 352 Å². The SMILES string of the molecule is COc1cc(Cc2cc(Oc3ccc(NC(=O)Nc4cc(C(C)(C)C)cc(NS(C)(=O)=O)c4OC)c4ccccc34)ccn2)ccc1C(=O)CCCN1C[C@@H](C)O[C@@H](C)C1. The van der Waals surface area contributed by atoms with Crippen molar-refractivity contribution in [2.75, 3.05) is 55.5 Å². The largest absolute Gasteiger partial charge is 0.496 e. The van der Waals surface area contributed by atoms with Crippen molar-refractivity contribution < 1.29 is 37.0 Å². The zero-order valence-electron chi connectivity index (χ0n) is 35.5. The van der Waals surface area contributed by atoms with Crippen LogP contribution in [0.1, 0.15) is 74.6 Å². The van der Waals surface area contributed by atoms with Crippen molar-refractivity contribution in [3.8, 4) is 23.0 Å². The molecule has 2 amide bonds. The maximum Gasteiger partial charge on any atom is 0.323 e. The molecule has 3 N–H and O–H groups in total. The van der Waals surface area contributed by atoms with E-state index in [2.05, 4.69) is 39.1 Å². The number of hydrogen-bond donors (Lipinski definition) is 3. The van der Waals surface area contributed by atoms with Crippen LogP contribution in [0.15, 0.2) is 85.1 Å². The number of rotatable bonds is 15. The molecular weight excluding hydrogens is 783 g/mol. The van der Waals surface area contributed by atoms with Crippen LogP contribution in [0.3, 0.4) is 0 Å². The summed E-state index contributed by atoms with van der Waals surface area (Å²) >= 11 is 0. The number of carbonyl (C=O) groups is 2. The molecule has 5 aromatic rings. The van der Waals surface area contributed by atoms with Crippen LogP contribution < -0.4 is 29.6 Å². The number of Topliss-reactive ketones (excluding diaryl/α,β-unsaturated/α-hetero) is 1. The summed E-state index contributed by atoms with van der Waals surface area (Å²) in [4.78, 5) is 33.7. The number of urea groups is 1. The van der Waals surface area contributed by atoms with Crippen molar-refractivity contribution >= 4 is 49.7 Å². The summed E-state index contributed by atoms with van der Waals surface area (Å²) < 4.78 is 50.4. The van der Waals surface area contributed by atoms with E-state index >= 15 is 0 Å². The molecule has 13 nitrogen and oxygen atoms in total. The van der Waals surface area contributed by atoms with Crippen LogP contribution >= 0.6 is 0 Å². The van der Waals surface area contributed by atoms with E-state index < -0.39 is 16.1 Å². The highest BCUT2D eigenvalue weighted by atomic mass is 32.2. The molecule has 1 aromatic heterocycles. The molecule has 2 heterocycles. The van der Waals surface area contributed by atoms with Crippen molar-refractivity contribution in [2.24, 2.45) is 0 Å². The second-order valence-electron chi connectivity index (χ2n) is 16.3. The van der Waals surface area contributed by atoms with E-state index in [4.69, 9.17) is 18.9 Å². The fourth-order valence-corrected chi connectivity index (χ4v) is 8.04. The molecule has 0 bridgehead atoms. The summed E-state index contributed by atoms with van der Waals surface area (Å²) in [7, 11) is -0.648. The summed E-state index contributed by atoms with van der Waals surface area (Å²) in [5, 5.41) is 7.29. The molecule has 6 rings (SSSR count). The molecule has 0 aliphatic carbocycles. The van der Waals surface area contributed by atoms with Crippen LogP contribution in [0.25, 0.3) is 10.8 Å². The van der Waals surface area contributed by atoms with Crippen molar-refractivity contribution in [2.45, 2.75) is 71.5 Å². The number of ketones is 1. The van der Waals surface area contributed by atoms with E-state index in [9.17, 15) is 18.0 Å². The van der Waals surface area contributed by atoms with E-state index in [-0.39, 0.29) is 34.8 Å². The number of nitrogens with zero attached hydrogens (tertiary/aromatic N) is 2. The van der Waals surface area contributed by atoms with E-state index in [1.165, 1.54) is 7.11 Å². The molecule has 0 unspecified atom stereocenters. The molecule has 0 radical (unpaired) electrons. The Bertz CT molecular complexity index is 2460. The molecule has 4 aromatic carbocycles. The van der Waals surface area contributed by atoms with Gasteiger partial charge in [0.25, 0.3) is 0 Å². The van der Waals surface area contributed by atoms with Gasteiger partial charge in [-0.1, -0.05) is 51.1 Å². The van der Waals surface area contributed by atoms with Gasteiger partial charge >= 0.3 is 6.03 Å². The van der Waals surface area contributed by atoms with Crippen LogP contribution in [-0.2, 0) is 26.6 Å². The van der Waals surface area contributed by atoms with Crippen molar-refractivity contribution in [1.29, 1.82) is 0 Å². The van der Waals surface area contributed by atoms with Crippen LogP contribution in [-0.4, -0.2) is 82.4 Å². The molecule has 0 saturated carbocycles. The first-order valence-electron chi connectivity index (χ1n) is 20.0. The smallest absolute Gasteiger partial charge is 0.323 e. The van der Waals surface area contributed by atoms with Crippen molar-refractivity contribution in [3.05, 3.63) is 107 Å². The predicted molar refractivity (Wildman–Crippen MR) is 237 cm³/mol. The van der Waals surface area contributed by atoms with Gasteiger partial charge in [-0.05, 0) is 85.8 Å². The van der Waals surface area contributed by atoms with Crippen molar-refractivity contribution in [1.82, 2.24) is 9.88 Å². The summed E-state index contributed by atoms with van der Waals surface area (Å²) in [6, 6.07) is 23.4. The highest BCUT2D eigenvalue weighted by molar-refractivity contribution is 7.92. The highest BCUT2D eigenvalue weighted by Gasteiger charge is 2.24. The quantitative estimate of drug-likeness (QED) is 0.0870. The van der Waals surface area contributed by atoms with Crippen LogP contribution in [0.2, 0.25) is 0 Å². The average Bonchev–Trinajstić information content (AvgIpc) is 3.17. The maximum absolute atomic E-state index is 13.5. The molecule has 1 fully saturated rings. The van der Waals surface area contributed by atoms with E-state index in [0.29, 0.717) is 47.0 Å². The zero-order valence-corrected chi connectivity index (χ0v) is 36.4. The number of benzene rings is 4. The number of anilines is 3. The lowest BCUT2D eigenvalue weighted by Crippen LogP contribution is -2.45. The molecular formula is C46H55N5O8S. The van der Waals surface area contributed by atoms with Gasteiger partial charge < -0.3 is 29.6 Å². The molecule has 1 saturated heterocycles. The Kier molecular flexibility index (Phi) is 13.7. The maximum atomic E-state index is 13.5. The molecule has 1 aliphatic heterocycles. The fourth-order valence-electron chi connectivity index (χ4n) is 7.49. The molecule has 14 heteroatoms. The number of amides is 2. The third-order valence-corrected chi connectivity index (χ3v) is 10.8. The van der Waals surface area contributed by atoms with Gasteiger partial charge in [0.15, 0.2) is 11.5 Å². The number of pyridine rings is 1. The molecule has 1 aliphatic rings. The number of ether oxygens (including phenoxy) is 4. The van der Waals surface area contributed by atoms with Gasteiger partial charge in [-0.3, -0.25) is 19.4 Å². The Balaban J connectivity index is 1.14. The summed E-state index contributed by atoms with van der Waals surface area (Å²) in [5.74, 6) is 1.93. The molecule has 0 spiro atoms. The van der Waals surface area contributed by atoms with Gasteiger partial charge in [0.1, 0.15) is 17.2 Å². The Hall–Kier alpha value is -5.70. The average molecular weight is 838 g/mol. The Morgan fingerprint density at radius 1 is 0.850 bits per heavy atom. The highest BCUT2D eigenvalue weighted by Crippen LogP contribution is 2.40. The number of sulfonamides is 1. The molecule has 318 valence electrons. The van der Waals surface area contributed by atoms with Gasteiger partial charge in [0.05, 0.1) is 55.3 Å². The van der Waals surface area contributed by atoms with Gasteiger partial charge in [-0.15, -0.1) is 0 Å². The number of fused-ring (bicyclic) bond motifs is 1. The summed E-state index contributed by atoms with van der Waals surface area (Å²) in [5.41, 5.74) is 3.75. The Morgan fingerprint density at radius 2 is 1.55 bits per heavy atom. The van der Waals surface area contributed by atoms with Crippen molar-refractivity contribution in [3.63, 3.8) is 0 Å². The first-order valence-corrected chi connectivity index (χ1v) is 21.9. The fraction of sp³-hybridized carbons (Fsp3) is 0.370. The third-order valence-electron chi connectivity index (χ3n) is 10.2. The van der Waals surface area contributed by atoms with E-state index in [1.54, 1.807) is 43.6 Å². The molecule has 2 atom stereocenters. The number of hydrogen-bond acceptors (Lipinski definition) is 10. The monoisotopic (exact) mass is 837 g/mol. The third kappa shape index (κ3) is 11.3. The second-order valence-corrected chi connectivity index (χ2v) is 18.1. The normalized spacial score (nSPS) is 15.9. The van der Waals surface area contributed by atoms with E-state index in [0.717, 1.165) is 59.9 Å². The van der Waals surface area contributed by atoms with Crippen LogP contribution in [0, 0.1) is 0 Å². The lowest BCUT2D eigenvalue weighted by molar-refractivity contribution is -0.0680. The first-order chi connectivity index (χ1) is 28.5. The predicted octanol–water partition coefficient (Wildman–Crippen LogP) is 9.02. The van der Waals surface area contributed by atoms with E-state index in [1.807, 2.05) is 69.3 Å². The Morgan fingerprint density at radius 3 is 2.23 bits per heavy atom. The number of aromatic nitrogens is 1. The molecule has 60 heavy (non-hydrogen) atoms. The van der Waals surface area contributed by atoms with Gasteiger partial charge in [0.2, 0.25) is 10.0 Å². The number of morpholine rings is 1. The summed E-state index contributed by atoms with van der Waals surface area (Å²) in [6.45, 7) is 12.7. The number of nitrogens with one attached hydrogen (secondary N) is 3. The van der Waals surface area contributed by atoms with Gasteiger partial charge in [0, 0.05) is 54.7 Å². The lowest BCUT2D eigenvalue weighted by Gasteiger charge is -2.35. The lowest BCUT2D eigenvalue weighted by atomic mass is 9.86. The number of methoxy groups -OCH3 is 2. The second kappa shape index (κ2) is 18.7. The topological polar surface area (TPSA) is 157 Å². The van der Waals surface area contributed by atoms with Crippen LogP contribution in [0.4, 0.5) is 21.9 Å². The minimum atomic E-state index is -3.64. The standard InChI is InChI=1S/C46H55N5O8S/c1-29-27-51(28-30(2)58-29)21-11-14-41(52)37-16-15-31(23-43(37)56-6)22-33-26-34(19-20-47-33)59-42-18-17-38(35-12-9-10-13-36(35)42)48-45(53)49-39-24-32(46(3,4)5)25-40(44(39)57-7)50-60(8,54)55/h9-10,12-13,15-20,23-26,29-30,50H,11,14,21-22,27-28H2,1-8H3,(H2,48,49,53)/t29-,30+. The minimum Gasteiger partial charge on any atom is -0.496 e. The van der Waals surface area contributed by atoms with Gasteiger partial charge in [-0.2, -0.15) is 0 Å².